The van der Waals surface area contributed by atoms with Crippen molar-refractivity contribution in [2.45, 2.75) is 25.4 Å². The fraction of sp³-hybridized carbons (Fsp3) is 0.500. The van der Waals surface area contributed by atoms with E-state index in [9.17, 15) is 14.4 Å². The summed E-state index contributed by atoms with van der Waals surface area (Å²) in [6.07, 6.45) is -2.29. The second-order valence-corrected chi connectivity index (χ2v) is 3.00. The first-order valence-corrected chi connectivity index (χ1v) is 4.10. The Bertz CT molecular complexity index is 305. The molecule has 0 aliphatic rings. The Balaban J connectivity index is -0.000000165. The maximum absolute atomic E-state index is 10.3. The van der Waals surface area contributed by atoms with Gasteiger partial charge >= 0.3 is 47.5 Å². The summed E-state index contributed by atoms with van der Waals surface area (Å²) < 4.78 is 0. The fourth-order valence-electron chi connectivity index (χ4n) is 0.714. The number of carboxylic acid groups (broad SMARTS) is 4. The molecule has 0 aromatic carbocycles. The molecule has 0 aliphatic carbocycles. The molecule has 106 valence electrons. The van der Waals surface area contributed by atoms with Crippen LogP contribution in [0.1, 0.15) is 19.8 Å². The van der Waals surface area contributed by atoms with E-state index in [1.807, 2.05) is 0 Å². The van der Waals surface area contributed by atoms with Crippen molar-refractivity contribution in [3.8, 4) is 0 Å². The van der Waals surface area contributed by atoms with Gasteiger partial charge in [0.15, 0.2) is 5.60 Å². The van der Waals surface area contributed by atoms with Crippen LogP contribution in [0.25, 0.3) is 0 Å². The molecule has 0 bridgehead atoms. The van der Waals surface area contributed by atoms with Crippen molar-refractivity contribution < 1.29 is 79.7 Å². The Labute approximate surface area is 129 Å². The average molecular weight is 292 g/mol. The third-order valence-corrected chi connectivity index (χ3v) is 1.29. The van der Waals surface area contributed by atoms with Crippen LogP contribution in [0.2, 0.25) is 0 Å². The molecule has 0 atom stereocenters. The summed E-state index contributed by atoms with van der Waals surface area (Å²) in [7, 11) is 0. The first-order valence-electron chi connectivity index (χ1n) is 4.10. The summed E-state index contributed by atoms with van der Waals surface area (Å²) in [5.74, 6) is -5.85. The molecular formula is C8H13NaO10. The van der Waals surface area contributed by atoms with Gasteiger partial charge in [-0.1, -0.05) is 0 Å². The molecule has 0 saturated carbocycles. The van der Waals surface area contributed by atoms with Crippen molar-refractivity contribution in [2.75, 3.05) is 0 Å². The van der Waals surface area contributed by atoms with E-state index in [-0.39, 0.29) is 35.0 Å². The Morgan fingerprint density at radius 1 is 0.895 bits per heavy atom. The topological polar surface area (TPSA) is 199 Å². The van der Waals surface area contributed by atoms with Gasteiger partial charge in [0.05, 0.1) is 12.8 Å². The zero-order valence-corrected chi connectivity index (χ0v) is 12.2. The Kier molecular flexibility index (Phi) is 16.5. The number of hydrogen-bond acceptors (Lipinski definition) is 6. The molecule has 0 aliphatic heterocycles. The van der Waals surface area contributed by atoms with Crippen LogP contribution in [0.15, 0.2) is 0 Å². The van der Waals surface area contributed by atoms with Crippen LogP contribution in [-0.4, -0.2) is 60.5 Å². The normalized spacial score (nSPS) is 8.74. The summed E-state index contributed by atoms with van der Waals surface area (Å²) in [5.41, 5.74) is -2.74. The van der Waals surface area contributed by atoms with Crippen LogP contribution in [0.5, 0.6) is 0 Å². The van der Waals surface area contributed by atoms with Crippen molar-refractivity contribution in [1.29, 1.82) is 0 Å². The van der Waals surface area contributed by atoms with Crippen LogP contribution >= 0.6 is 0 Å². The molecule has 10 nitrogen and oxygen atoms in total. The van der Waals surface area contributed by atoms with Gasteiger partial charge in [0, 0.05) is 6.92 Å². The van der Waals surface area contributed by atoms with Crippen LogP contribution in [0, 0.1) is 0 Å². The molecule has 0 spiro atoms. The van der Waals surface area contributed by atoms with E-state index < -0.39 is 42.3 Å². The predicted octanol–water partition coefficient (Wildman–Crippen LogP) is -4.33. The molecule has 0 heterocycles. The molecule has 0 fully saturated rings. The van der Waals surface area contributed by atoms with E-state index >= 15 is 0 Å². The summed E-state index contributed by atoms with van der Waals surface area (Å²) in [6, 6.07) is 0. The Morgan fingerprint density at radius 2 is 1.11 bits per heavy atom. The van der Waals surface area contributed by atoms with E-state index in [1.165, 1.54) is 0 Å². The predicted molar refractivity (Wildman–Crippen MR) is 52.3 cm³/mol. The van der Waals surface area contributed by atoms with E-state index in [0.717, 1.165) is 6.92 Å². The van der Waals surface area contributed by atoms with Crippen molar-refractivity contribution in [3.63, 3.8) is 0 Å². The smallest absolute Gasteiger partial charge is 0.870 e. The summed E-state index contributed by atoms with van der Waals surface area (Å²) in [5, 5.41) is 41.2. The number of aliphatic hydroxyl groups is 1. The molecule has 0 aromatic rings. The maximum atomic E-state index is 10.3. The van der Waals surface area contributed by atoms with Gasteiger partial charge < -0.3 is 31.0 Å². The summed E-state index contributed by atoms with van der Waals surface area (Å²) in [6.45, 7) is 1.08. The first kappa shape index (κ1) is 26.4. The molecule has 0 aromatic heterocycles. The number of aliphatic carboxylic acids is 4. The van der Waals surface area contributed by atoms with Gasteiger partial charge in [0.2, 0.25) is 0 Å². The molecule has 0 unspecified atom stereocenters. The van der Waals surface area contributed by atoms with Gasteiger partial charge in [-0.3, -0.25) is 14.4 Å². The molecule has 6 N–H and O–H groups in total. The number of hydrogen-bond donors (Lipinski definition) is 5. The van der Waals surface area contributed by atoms with Gasteiger partial charge in [0.25, 0.3) is 5.97 Å². The second kappa shape index (κ2) is 11.9. The van der Waals surface area contributed by atoms with Crippen molar-refractivity contribution >= 4 is 23.9 Å². The zero-order valence-electron chi connectivity index (χ0n) is 10.2. The fourth-order valence-corrected chi connectivity index (χ4v) is 0.714. The van der Waals surface area contributed by atoms with Crippen molar-refractivity contribution in [1.82, 2.24) is 0 Å². The summed E-state index contributed by atoms with van der Waals surface area (Å²) >= 11 is 0. The van der Waals surface area contributed by atoms with Gasteiger partial charge in [-0.15, -0.1) is 0 Å². The van der Waals surface area contributed by atoms with Gasteiger partial charge in [0.1, 0.15) is 0 Å². The molecule has 0 saturated heterocycles. The molecule has 0 amide bonds. The quantitative estimate of drug-likeness (QED) is 0.308. The maximum Gasteiger partial charge on any atom is 1.00 e. The largest absolute Gasteiger partial charge is 1.00 e. The molecule has 19 heavy (non-hydrogen) atoms. The van der Waals surface area contributed by atoms with E-state index in [1.54, 1.807) is 0 Å². The van der Waals surface area contributed by atoms with Crippen LogP contribution in [0.4, 0.5) is 0 Å². The van der Waals surface area contributed by atoms with Crippen LogP contribution < -0.4 is 29.6 Å². The third kappa shape index (κ3) is 16.8. The van der Waals surface area contributed by atoms with Crippen LogP contribution in [-0.2, 0) is 19.2 Å². The average Bonchev–Trinajstić information content (AvgIpc) is 1.98. The van der Waals surface area contributed by atoms with Gasteiger partial charge in [-0.05, 0) is 0 Å². The second-order valence-electron chi connectivity index (χ2n) is 3.00. The molecule has 11 heteroatoms. The molecule has 0 radical (unpaired) electrons. The minimum atomic E-state index is -2.74. The standard InChI is InChI=1S/C6H8O7.C2H4O2.Na.H2O/c7-3(8)1-6(13,5(11)12)2-4(9)10;1-2(3)4;;/h13H,1-2H2,(H,7,8)(H,9,10)(H,11,12);1H3,(H,3,4);;1H2/q;;+1;/p-1. The van der Waals surface area contributed by atoms with Crippen LogP contribution in [0.3, 0.4) is 0 Å². The SMILES string of the molecule is CC(=O)O.O=C(O)CC(O)(CC(=O)O)C(=O)O.[Na+].[OH-]. The monoisotopic (exact) mass is 292 g/mol. The van der Waals surface area contributed by atoms with E-state index in [2.05, 4.69) is 0 Å². The zero-order chi connectivity index (χ0) is 14.2. The molecule has 0 rings (SSSR count). The van der Waals surface area contributed by atoms with Crippen molar-refractivity contribution in [3.05, 3.63) is 0 Å². The minimum absolute atomic E-state index is 0. The van der Waals surface area contributed by atoms with E-state index in [4.69, 9.17) is 30.3 Å². The first-order chi connectivity index (χ1) is 7.51. The number of carboxylic acids is 4. The van der Waals surface area contributed by atoms with Crippen molar-refractivity contribution in [2.24, 2.45) is 0 Å². The van der Waals surface area contributed by atoms with E-state index in [0.29, 0.717) is 0 Å². The Morgan fingerprint density at radius 3 is 1.21 bits per heavy atom. The number of carbonyl (C=O) groups is 4. The minimum Gasteiger partial charge on any atom is -0.870 e. The molecular weight excluding hydrogens is 279 g/mol. The van der Waals surface area contributed by atoms with Gasteiger partial charge in [-0.2, -0.15) is 0 Å². The summed E-state index contributed by atoms with van der Waals surface area (Å²) in [4.78, 5) is 39.5. The Hall–Kier alpha value is -1.20. The number of rotatable bonds is 5. The third-order valence-electron chi connectivity index (χ3n) is 1.29. The van der Waals surface area contributed by atoms with Gasteiger partial charge in [-0.25, -0.2) is 4.79 Å².